The van der Waals surface area contributed by atoms with Gasteiger partial charge in [0.15, 0.2) is 0 Å². The number of aliphatic carboxylic acids is 1. The molecule has 0 saturated carbocycles. The van der Waals surface area contributed by atoms with E-state index < -0.39 is 5.97 Å². The number of hydrogen-bond acceptors (Lipinski definition) is 3. The van der Waals surface area contributed by atoms with Gasteiger partial charge in [-0.25, -0.2) is 4.79 Å². The lowest BCUT2D eigenvalue weighted by molar-refractivity contribution is -0.136. The summed E-state index contributed by atoms with van der Waals surface area (Å²) in [7, 11) is 0. The molecule has 2 aliphatic heterocycles. The molecule has 0 spiro atoms. The summed E-state index contributed by atoms with van der Waals surface area (Å²) in [5, 5.41) is 15.3. The van der Waals surface area contributed by atoms with Crippen LogP contribution in [0.2, 0.25) is 0 Å². The van der Waals surface area contributed by atoms with Gasteiger partial charge < -0.3 is 15.7 Å². The van der Waals surface area contributed by atoms with E-state index in [0.29, 0.717) is 13.0 Å². The SMILES string of the molecule is O=C(O)CCc1cccc(C2CNC(=O)N2c2ccc3c(c2)CCNCC3)c1. The summed E-state index contributed by atoms with van der Waals surface area (Å²) in [4.78, 5) is 25.3. The van der Waals surface area contributed by atoms with Crippen molar-refractivity contribution in [2.75, 3.05) is 24.5 Å². The lowest BCUT2D eigenvalue weighted by atomic mass is 9.99. The van der Waals surface area contributed by atoms with Gasteiger partial charge in [0.05, 0.1) is 6.04 Å². The van der Waals surface area contributed by atoms with Crippen LogP contribution >= 0.6 is 0 Å². The largest absolute Gasteiger partial charge is 0.481 e. The Morgan fingerprint density at radius 1 is 1.11 bits per heavy atom. The van der Waals surface area contributed by atoms with E-state index in [0.717, 1.165) is 42.7 Å². The van der Waals surface area contributed by atoms with Gasteiger partial charge in [0, 0.05) is 18.7 Å². The average Bonchev–Trinajstić information content (AvgIpc) is 2.93. The first-order valence-corrected chi connectivity index (χ1v) is 9.82. The minimum Gasteiger partial charge on any atom is -0.481 e. The van der Waals surface area contributed by atoms with Crippen LogP contribution in [0.5, 0.6) is 0 Å². The average molecular weight is 379 g/mol. The second kappa shape index (κ2) is 8.02. The van der Waals surface area contributed by atoms with Gasteiger partial charge in [-0.05, 0) is 66.7 Å². The lowest BCUT2D eigenvalue weighted by Gasteiger charge is -2.25. The van der Waals surface area contributed by atoms with Crippen molar-refractivity contribution in [3.63, 3.8) is 0 Å². The van der Waals surface area contributed by atoms with E-state index in [1.807, 2.05) is 35.2 Å². The Kier molecular flexibility index (Phi) is 5.30. The van der Waals surface area contributed by atoms with Gasteiger partial charge in [-0.3, -0.25) is 9.69 Å². The molecule has 6 heteroatoms. The molecular formula is C22H25N3O3. The van der Waals surface area contributed by atoms with Crippen LogP contribution in [0.3, 0.4) is 0 Å². The molecule has 2 aromatic rings. The molecular weight excluding hydrogens is 354 g/mol. The highest BCUT2D eigenvalue weighted by atomic mass is 16.4. The minimum absolute atomic E-state index is 0.0902. The summed E-state index contributed by atoms with van der Waals surface area (Å²) in [5.41, 5.74) is 5.57. The predicted molar refractivity (Wildman–Crippen MR) is 108 cm³/mol. The van der Waals surface area contributed by atoms with E-state index in [2.05, 4.69) is 22.8 Å². The minimum atomic E-state index is -0.802. The Balaban J connectivity index is 1.62. The van der Waals surface area contributed by atoms with Gasteiger partial charge in [-0.2, -0.15) is 0 Å². The highest BCUT2D eigenvalue weighted by Crippen LogP contribution is 2.32. The fourth-order valence-electron chi connectivity index (χ4n) is 4.08. The Hall–Kier alpha value is -2.86. The molecule has 1 saturated heterocycles. The topological polar surface area (TPSA) is 81.7 Å². The summed E-state index contributed by atoms with van der Waals surface area (Å²) in [6.07, 6.45) is 2.57. The number of fused-ring (bicyclic) bond motifs is 1. The van der Waals surface area contributed by atoms with Gasteiger partial charge in [0.1, 0.15) is 0 Å². The summed E-state index contributed by atoms with van der Waals surface area (Å²) < 4.78 is 0. The van der Waals surface area contributed by atoms with E-state index >= 15 is 0 Å². The maximum Gasteiger partial charge on any atom is 0.322 e. The molecule has 0 aliphatic carbocycles. The van der Waals surface area contributed by atoms with E-state index in [1.165, 1.54) is 11.1 Å². The van der Waals surface area contributed by atoms with Gasteiger partial charge in [0.25, 0.3) is 0 Å². The quantitative estimate of drug-likeness (QED) is 0.746. The molecule has 0 aromatic heterocycles. The third kappa shape index (κ3) is 3.87. The van der Waals surface area contributed by atoms with Crippen molar-refractivity contribution >= 4 is 17.7 Å². The molecule has 28 heavy (non-hydrogen) atoms. The van der Waals surface area contributed by atoms with Crippen molar-refractivity contribution in [1.82, 2.24) is 10.6 Å². The Morgan fingerprint density at radius 3 is 2.75 bits per heavy atom. The van der Waals surface area contributed by atoms with E-state index in [4.69, 9.17) is 5.11 Å². The van der Waals surface area contributed by atoms with Crippen molar-refractivity contribution < 1.29 is 14.7 Å². The maximum atomic E-state index is 12.6. The molecule has 1 atom stereocenters. The number of hydrogen-bond donors (Lipinski definition) is 3. The van der Waals surface area contributed by atoms with Crippen molar-refractivity contribution in [2.24, 2.45) is 0 Å². The summed E-state index contributed by atoms with van der Waals surface area (Å²) >= 11 is 0. The fraction of sp³-hybridized carbons (Fsp3) is 0.364. The smallest absolute Gasteiger partial charge is 0.322 e. The van der Waals surface area contributed by atoms with Crippen LogP contribution in [0, 0.1) is 0 Å². The standard InChI is InChI=1S/C22H25N3O3/c26-21(27)7-4-15-2-1-3-18(12-15)20-14-24-22(28)25(20)19-6-5-16-8-10-23-11-9-17(16)13-19/h1-3,5-6,12-13,20,23H,4,7-11,14H2,(H,24,28)(H,26,27). The van der Waals surface area contributed by atoms with Gasteiger partial charge >= 0.3 is 12.0 Å². The number of carboxylic acid groups (broad SMARTS) is 1. The normalized spacial score (nSPS) is 19.1. The predicted octanol–water partition coefficient (Wildman–Crippen LogP) is 2.66. The number of rotatable bonds is 5. The van der Waals surface area contributed by atoms with Gasteiger partial charge in [-0.15, -0.1) is 0 Å². The molecule has 3 N–H and O–H groups in total. The van der Waals surface area contributed by atoms with Crippen LogP contribution in [0.1, 0.15) is 34.7 Å². The molecule has 4 rings (SSSR count). The van der Waals surface area contributed by atoms with Crippen LogP contribution in [-0.2, 0) is 24.1 Å². The van der Waals surface area contributed by atoms with Crippen LogP contribution in [0.15, 0.2) is 42.5 Å². The second-order valence-corrected chi connectivity index (χ2v) is 7.41. The number of carboxylic acids is 1. The van der Waals surface area contributed by atoms with Crippen molar-refractivity contribution in [1.29, 1.82) is 0 Å². The number of carbonyl (C=O) groups is 2. The number of amides is 2. The zero-order valence-corrected chi connectivity index (χ0v) is 15.8. The zero-order valence-electron chi connectivity index (χ0n) is 15.8. The molecule has 0 bridgehead atoms. The number of carbonyl (C=O) groups excluding carboxylic acids is 1. The molecule has 2 aromatic carbocycles. The molecule has 1 unspecified atom stereocenters. The molecule has 2 amide bonds. The first-order chi connectivity index (χ1) is 13.6. The molecule has 2 heterocycles. The lowest BCUT2D eigenvalue weighted by Crippen LogP contribution is -2.29. The number of anilines is 1. The summed E-state index contributed by atoms with van der Waals surface area (Å²) in [5.74, 6) is -0.802. The monoisotopic (exact) mass is 379 g/mol. The highest BCUT2D eigenvalue weighted by molar-refractivity contribution is 5.95. The van der Waals surface area contributed by atoms with Gasteiger partial charge in [0.2, 0.25) is 0 Å². The maximum absolute atomic E-state index is 12.6. The molecule has 146 valence electrons. The second-order valence-electron chi connectivity index (χ2n) is 7.41. The Morgan fingerprint density at radius 2 is 1.93 bits per heavy atom. The number of nitrogens with one attached hydrogen (secondary N) is 2. The molecule has 1 fully saturated rings. The molecule has 2 aliphatic rings. The number of benzene rings is 2. The van der Waals surface area contributed by atoms with Crippen LogP contribution < -0.4 is 15.5 Å². The van der Waals surface area contributed by atoms with Crippen molar-refractivity contribution in [3.8, 4) is 0 Å². The number of urea groups is 1. The third-order valence-corrected chi connectivity index (χ3v) is 5.55. The molecule has 6 nitrogen and oxygen atoms in total. The molecule has 0 radical (unpaired) electrons. The van der Waals surface area contributed by atoms with Gasteiger partial charge in [-0.1, -0.05) is 30.3 Å². The van der Waals surface area contributed by atoms with E-state index in [9.17, 15) is 9.59 Å². The van der Waals surface area contributed by atoms with Crippen LogP contribution in [0.25, 0.3) is 0 Å². The number of nitrogens with zero attached hydrogens (tertiary/aromatic N) is 1. The highest BCUT2D eigenvalue weighted by Gasteiger charge is 2.33. The first kappa shape index (κ1) is 18.5. The van der Waals surface area contributed by atoms with Crippen molar-refractivity contribution in [3.05, 3.63) is 64.7 Å². The van der Waals surface area contributed by atoms with Crippen LogP contribution in [-0.4, -0.2) is 36.7 Å². The zero-order chi connectivity index (χ0) is 19.5. The third-order valence-electron chi connectivity index (χ3n) is 5.55. The van der Waals surface area contributed by atoms with Crippen molar-refractivity contribution in [2.45, 2.75) is 31.7 Å². The fourth-order valence-corrected chi connectivity index (χ4v) is 4.08. The number of aryl methyl sites for hydroxylation is 1. The Bertz CT molecular complexity index is 896. The summed E-state index contributed by atoms with van der Waals surface area (Å²) in [6, 6.07) is 14.1. The first-order valence-electron chi connectivity index (χ1n) is 9.82. The van der Waals surface area contributed by atoms with Crippen LogP contribution in [0.4, 0.5) is 10.5 Å². The van der Waals surface area contributed by atoms with E-state index in [1.54, 1.807) is 0 Å². The summed E-state index contributed by atoms with van der Waals surface area (Å²) in [6.45, 7) is 2.49. The van der Waals surface area contributed by atoms with E-state index in [-0.39, 0.29) is 18.5 Å². The Labute approximate surface area is 164 Å².